The molecule has 162 valence electrons. The first-order valence-electron chi connectivity index (χ1n) is 10.6. The first-order chi connectivity index (χ1) is 14.5. The van der Waals surface area contributed by atoms with Crippen LogP contribution < -0.4 is 19.5 Å². The van der Waals surface area contributed by atoms with Crippen LogP contribution in [0.25, 0.3) is 0 Å². The van der Waals surface area contributed by atoms with Crippen LogP contribution in [0.15, 0.2) is 48.5 Å². The predicted molar refractivity (Wildman–Crippen MR) is 118 cm³/mol. The van der Waals surface area contributed by atoms with E-state index in [2.05, 4.69) is 34.3 Å². The molecule has 2 aliphatic rings. The summed E-state index contributed by atoms with van der Waals surface area (Å²) >= 11 is 0. The van der Waals surface area contributed by atoms with Gasteiger partial charge in [-0.3, -0.25) is 0 Å². The van der Waals surface area contributed by atoms with Gasteiger partial charge < -0.3 is 14.8 Å². The van der Waals surface area contributed by atoms with Crippen molar-refractivity contribution in [2.75, 3.05) is 32.6 Å². The summed E-state index contributed by atoms with van der Waals surface area (Å²) in [6.07, 6.45) is 2.95. The summed E-state index contributed by atoms with van der Waals surface area (Å²) in [6.45, 7) is 1.20. The van der Waals surface area contributed by atoms with Crippen LogP contribution in [0.2, 0.25) is 0 Å². The number of rotatable bonds is 10. The van der Waals surface area contributed by atoms with Crippen molar-refractivity contribution in [2.24, 2.45) is 5.92 Å². The molecule has 1 heterocycles. The van der Waals surface area contributed by atoms with Crippen LogP contribution in [0.4, 0.5) is 0 Å². The summed E-state index contributed by atoms with van der Waals surface area (Å²) < 4.78 is 38.4. The fraction of sp³-hybridized carbons (Fsp3) is 0.478. The van der Waals surface area contributed by atoms with Gasteiger partial charge in [-0.05, 0) is 56.0 Å². The van der Waals surface area contributed by atoms with E-state index in [1.54, 1.807) is 0 Å². The Morgan fingerprint density at radius 1 is 1.13 bits per heavy atom. The van der Waals surface area contributed by atoms with E-state index >= 15 is 0 Å². The maximum Gasteiger partial charge on any atom is 0.211 e. The third kappa shape index (κ3) is 5.53. The minimum Gasteiger partial charge on any atom is -0.492 e. The van der Waals surface area contributed by atoms with E-state index < -0.39 is 10.0 Å². The van der Waals surface area contributed by atoms with Gasteiger partial charge in [-0.1, -0.05) is 30.3 Å². The van der Waals surface area contributed by atoms with Crippen molar-refractivity contribution >= 4 is 10.0 Å². The van der Waals surface area contributed by atoms with Gasteiger partial charge in [0.05, 0.1) is 5.75 Å². The minimum absolute atomic E-state index is 0.210. The van der Waals surface area contributed by atoms with E-state index in [1.165, 1.54) is 5.56 Å². The molecule has 0 amide bonds. The average molecular weight is 431 g/mol. The zero-order chi connectivity index (χ0) is 21.0. The van der Waals surface area contributed by atoms with Gasteiger partial charge in [-0.15, -0.1) is 0 Å². The van der Waals surface area contributed by atoms with Crippen LogP contribution in [-0.2, 0) is 16.4 Å². The molecule has 7 heteroatoms. The van der Waals surface area contributed by atoms with Crippen molar-refractivity contribution in [2.45, 2.75) is 31.2 Å². The van der Waals surface area contributed by atoms with Gasteiger partial charge in [0, 0.05) is 24.1 Å². The highest BCUT2D eigenvalue weighted by Gasteiger charge is 2.31. The largest absolute Gasteiger partial charge is 0.492 e. The topological polar surface area (TPSA) is 76.7 Å². The van der Waals surface area contributed by atoms with Crippen molar-refractivity contribution < 1.29 is 17.9 Å². The Labute approximate surface area is 179 Å². The molecule has 0 spiro atoms. The van der Waals surface area contributed by atoms with Crippen LogP contribution in [0.3, 0.4) is 0 Å². The summed E-state index contributed by atoms with van der Waals surface area (Å²) in [5.74, 6) is 2.46. The molecule has 0 aromatic heterocycles. The molecule has 0 radical (unpaired) electrons. The fourth-order valence-electron chi connectivity index (χ4n) is 3.97. The number of fused-ring (bicyclic) bond motifs is 1. The molecular weight excluding hydrogens is 400 g/mol. The third-order valence-corrected chi connectivity index (χ3v) is 7.35. The Balaban J connectivity index is 1.41. The van der Waals surface area contributed by atoms with Crippen LogP contribution in [0.5, 0.6) is 11.5 Å². The van der Waals surface area contributed by atoms with Crippen molar-refractivity contribution in [3.05, 3.63) is 59.7 Å². The van der Waals surface area contributed by atoms with Gasteiger partial charge in [0.25, 0.3) is 0 Å². The van der Waals surface area contributed by atoms with Gasteiger partial charge >= 0.3 is 0 Å². The number of sulfonamides is 1. The highest BCUT2D eigenvalue weighted by molar-refractivity contribution is 7.89. The molecule has 2 N–H and O–H groups in total. The highest BCUT2D eigenvalue weighted by atomic mass is 32.2. The van der Waals surface area contributed by atoms with Crippen LogP contribution in [0.1, 0.15) is 29.9 Å². The normalized spacial score (nSPS) is 21.0. The molecule has 1 aliphatic heterocycles. The molecule has 2 aromatic carbocycles. The number of hydrogen-bond acceptors (Lipinski definition) is 5. The molecule has 0 unspecified atom stereocenters. The lowest BCUT2D eigenvalue weighted by atomic mass is 9.84. The van der Waals surface area contributed by atoms with Crippen molar-refractivity contribution in [3.8, 4) is 11.5 Å². The lowest BCUT2D eigenvalue weighted by molar-refractivity contribution is 0.217. The van der Waals surface area contributed by atoms with Crippen molar-refractivity contribution in [1.29, 1.82) is 0 Å². The molecule has 0 bridgehead atoms. The second kappa shape index (κ2) is 9.37. The van der Waals surface area contributed by atoms with Gasteiger partial charge in [-0.25, -0.2) is 13.1 Å². The predicted octanol–water partition coefficient (Wildman–Crippen LogP) is 2.70. The van der Waals surface area contributed by atoms with Crippen LogP contribution >= 0.6 is 0 Å². The molecule has 30 heavy (non-hydrogen) atoms. The monoisotopic (exact) mass is 430 g/mol. The maximum absolute atomic E-state index is 12.0. The molecular formula is C23H30N2O4S. The zero-order valence-electron chi connectivity index (χ0n) is 17.3. The van der Waals surface area contributed by atoms with Crippen LogP contribution in [0, 0.1) is 5.92 Å². The Kier molecular flexibility index (Phi) is 6.61. The third-order valence-electron chi connectivity index (χ3n) is 5.80. The summed E-state index contributed by atoms with van der Waals surface area (Å²) in [5.41, 5.74) is 2.41. The molecule has 2 atom stereocenters. The van der Waals surface area contributed by atoms with Gasteiger partial charge in [0.15, 0.2) is 0 Å². The second-order valence-corrected chi connectivity index (χ2v) is 10.0. The molecule has 6 nitrogen and oxygen atoms in total. The lowest BCUT2D eigenvalue weighted by Gasteiger charge is -2.34. The van der Waals surface area contributed by atoms with Crippen molar-refractivity contribution in [1.82, 2.24) is 10.0 Å². The number of ether oxygens (including phenoxy) is 2. The first-order valence-corrected chi connectivity index (χ1v) is 12.3. The SMILES string of the molecule is CN[C@@H]1COc2ccc(OCCNS(=O)(=O)CC3CC3)cc2[C@H]1Cc1ccccc1. The molecule has 4 rings (SSSR count). The van der Waals surface area contributed by atoms with E-state index in [9.17, 15) is 8.42 Å². The van der Waals surface area contributed by atoms with Gasteiger partial charge in [0.1, 0.15) is 24.7 Å². The van der Waals surface area contributed by atoms with Crippen LogP contribution in [-0.4, -0.2) is 47.0 Å². The van der Waals surface area contributed by atoms with E-state index in [0.717, 1.165) is 36.3 Å². The smallest absolute Gasteiger partial charge is 0.211 e. The Morgan fingerprint density at radius 2 is 1.93 bits per heavy atom. The summed E-state index contributed by atoms with van der Waals surface area (Å²) in [7, 11) is -1.24. The maximum atomic E-state index is 12.0. The number of hydrogen-bond donors (Lipinski definition) is 2. The number of benzene rings is 2. The molecule has 2 aromatic rings. The van der Waals surface area contributed by atoms with E-state index in [-0.39, 0.29) is 24.3 Å². The van der Waals surface area contributed by atoms with E-state index in [0.29, 0.717) is 19.1 Å². The summed E-state index contributed by atoms with van der Waals surface area (Å²) in [6, 6.07) is 16.5. The minimum atomic E-state index is -3.20. The molecule has 1 aliphatic carbocycles. The summed E-state index contributed by atoms with van der Waals surface area (Å²) in [5, 5.41) is 3.38. The Bertz CT molecular complexity index is 945. The second-order valence-electron chi connectivity index (χ2n) is 8.17. The van der Waals surface area contributed by atoms with E-state index in [1.807, 2.05) is 31.3 Å². The Hall–Kier alpha value is -2.09. The Morgan fingerprint density at radius 3 is 2.67 bits per heavy atom. The number of likely N-dealkylation sites (N-methyl/N-ethyl adjacent to an activating group) is 1. The number of nitrogens with one attached hydrogen (secondary N) is 2. The first kappa shape index (κ1) is 21.2. The van der Waals surface area contributed by atoms with Gasteiger partial charge in [0.2, 0.25) is 10.0 Å². The zero-order valence-corrected chi connectivity index (χ0v) is 18.2. The standard InChI is InChI=1S/C23H30N2O4S/c1-24-22-15-29-23-10-9-19(28-12-11-25-30(26,27)16-18-7-8-18)14-21(23)20(22)13-17-5-3-2-4-6-17/h2-6,9-10,14,18,20,22,24-25H,7-8,11-13,15-16H2,1H3/t20-,22-/m1/s1. The molecule has 1 saturated carbocycles. The fourth-order valence-corrected chi connectivity index (χ4v) is 5.44. The highest BCUT2D eigenvalue weighted by Crippen LogP contribution is 2.38. The molecule has 0 saturated heterocycles. The van der Waals surface area contributed by atoms with Gasteiger partial charge in [-0.2, -0.15) is 0 Å². The van der Waals surface area contributed by atoms with Crippen molar-refractivity contribution in [3.63, 3.8) is 0 Å². The summed E-state index contributed by atoms with van der Waals surface area (Å²) in [4.78, 5) is 0. The van der Waals surface area contributed by atoms with E-state index in [4.69, 9.17) is 9.47 Å². The molecule has 1 fully saturated rings. The lowest BCUT2D eigenvalue weighted by Crippen LogP contribution is -2.41. The quantitative estimate of drug-likeness (QED) is 0.567. The average Bonchev–Trinajstić information content (AvgIpc) is 3.55.